The topological polar surface area (TPSA) is 3.24 Å². The van der Waals surface area contributed by atoms with Gasteiger partial charge in [0.2, 0.25) is 0 Å². The number of fused-ring (bicyclic) bond motifs is 1. The minimum atomic E-state index is 0.409. The van der Waals surface area contributed by atoms with E-state index in [2.05, 4.69) is 49.2 Å². The van der Waals surface area contributed by atoms with Crippen molar-refractivity contribution in [3.8, 4) is 0 Å². The zero-order chi connectivity index (χ0) is 16.4. The summed E-state index contributed by atoms with van der Waals surface area (Å²) >= 11 is 12.3. The highest BCUT2D eigenvalue weighted by molar-refractivity contribution is 6.42. The van der Waals surface area contributed by atoms with E-state index in [9.17, 15) is 0 Å². The van der Waals surface area contributed by atoms with E-state index in [-0.39, 0.29) is 0 Å². The minimum Gasteiger partial charge on any atom is -0.299 e. The van der Waals surface area contributed by atoms with Crippen LogP contribution in [0.5, 0.6) is 0 Å². The van der Waals surface area contributed by atoms with Crippen LogP contribution >= 0.6 is 23.2 Å². The van der Waals surface area contributed by atoms with Gasteiger partial charge in [0.1, 0.15) is 0 Å². The molecule has 0 amide bonds. The fourth-order valence-corrected chi connectivity index (χ4v) is 4.12. The van der Waals surface area contributed by atoms with Crippen molar-refractivity contribution < 1.29 is 0 Å². The summed E-state index contributed by atoms with van der Waals surface area (Å²) in [5.41, 5.74) is 4.17. The Balaban J connectivity index is 1.98. The predicted molar refractivity (Wildman–Crippen MR) is 99.6 cm³/mol. The molecule has 0 aliphatic heterocycles. The van der Waals surface area contributed by atoms with Gasteiger partial charge in [0, 0.05) is 12.0 Å². The van der Waals surface area contributed by atoms with Crippen molar-refractivity contribution >= 4 is 23.2 Å². The van der Waals surface area contributed by atoms with E-state index in [0.717, 1.165) is 13.0 Å². The van der Waals surface area contributed by atoms with Gasteiger partial charge in [-0.15, -0.1) is 0 Å². The maximum absolute atomic E-state index is 6.24. The maximum Gasteiger partial charge on any atom is 0.0595 e. The van der Waals surface area contributed by atoms with Gasteiger partial charge in [-0.05, 0) is 61.7 Å². The molecule has 0 bridgehead atoms. The van der Waals surface area contributed by atoms with Crippen molar-refractivity contribution in [1.29, 1.82) is 0 Å². The zero-order valence-corrected chi connectivity index (χ0v) is 15.2. The van der Waals surface area contributed by atoms with E-state index in [4.69, 9.17) is 23.2 Å². The zero-order valence-electron chi connectivity index (χ0n) is 13.7. The molecule has 3 heteroatoms. The molecule has 0 saturated carbocycles. The first-order chi connectivity index (χ1) is 11.1. The second kappa shape index (κ2) is 7.25. The van der Waals surface area contributed by atoms with Gasteiger partial charge in [-0.1, -0.05) is 60.5 Å². The van der Waals surface area contributed by atoms with Gasteiger partial charge >= 0.3 is 0 Å². The van der Waals surface area contributed by atoms with Crippen LogP contribution in [0.1, 0.15) is 54.8 Å². The van der Waals surface area contributed by atoms with Crippen LogP contribution in [0, 0.1) is 0 Å². The number of halogens is 2. The molecule has 0 heterocycles. The van der Waals surface area contributed by atoms with Gasteiger partial charge in [0.15, 0.2) is 0 Å². The summed E-state index contributed by atoms with van der Waals surface area (Å²) in [6, 6.07) is 15.4. The van der Waals surface area contributed by atoms with Gasteiger partial charge in [-0.2, -0.15) is 0 Å². The summed E-state index contributed by atoms with van der Waals surface area (Å²) in [5.74, 6) is 0.409. The third-order valence-corrected chi connectivity index (χ3v) is 5.65. The molecule has 0 fully saturated rings. The van der Waals surface area contributed by atoms with Crippen molar-refractivity contribution in [2.24, 2.45) is 0 Å². The standard InChI is InChI=1S/C20H23Cl2N/c1-3-12-23(2)20-11-9-15(16-6-4-5-7-17(16)20)14-8-10-18(21)19(22)13-14/h4-8,10,13,15,20H,3,9,11-12H2,1-2H3/t15-,20-/m0/s1. The molecule has 0 spiro atoms. The molecule has 1 aliphatic carbocycles. The van der Waals surface area contributed by atoms with Gasteiger partial charge in [-0.3, -0.25) is 4.90 Å². The first-order valence-corrected chi connectivity index (χ1v) is 9.11. The molecule has 0 saturated heterocycles. The summed E-state index contributed by atoms with van der Waals surface area (Å²) in [6.07, 6.45) is 3.51. The lowest BCUT2D eigenvalue weighted by Crippen LogP contribution is -2.29. The van der Waals surface area contributed by atoms with Gasteiger partial charge in [0.25, 0.3) is 0 Å². The smallest absolute Gasteiger partial charge is 0.0595 e. The Hall–Kier alpha value is -1.02. The van der Waals surface area contributed by atoms with E-state index in [0.29, 0.717) is 22.0 Å². The summed E-state index contributed by atoms with van der Waals surface area (Å²) in [5, 5.41) is 1.27. The second-order valence-electron chi connectivity index (χ2n) is 6.43. The average Bonchev–Trinajstić information content (AvgIpc) is 2.56. The van der Waals surface area contributed by atoms with Crippen LogP contribution in [0.3, 0.4) is 0 Å². The molecule has 2 aromatic rings. The fraction of sp³-hybridized carbons (Fsp3) is 0.400. The van der Waals surface area contributed by atoms with Crippen molar-refractivity contribution in [2.75, 3.05) is 13.6 Å². The predicted octanol–water partition coefficient (Wildman–Crippen LogP) is 6.30. The van der Waals surface area contributed by atoms with E-state index in [1.54, 1.807) is 0 Å². The van der Waals surface area contributed by atoms with Crippen LogP contribution < -0.4 is 0 Å². The molecule has 1 nitrogen and oxygen atoms in total. The number of hydrogen-bond donors (Lipinski definition) is 0. The Bertz CT molecular complexity index is 683. The van der Waals surface area contributed by atoms with Gasteiger partial charge in [-0.25, -0.2) is 0 Å². The molecule has 0 N–H and O–H groups in total. The number of hydrogen-bond acceptors (Lipinski definition) is 1. The normalized spacial score (nSPS) is 20.6. The van der Waals surface area contributed by atoms with Crippen molar-refractivity contribution in [1.82, 2.24) is 4.90 Å². The van der Waals surface area contributed by atoms with E-state index in [1.165, 1.54) is 29.5 Å². The Labute approximate surface area is 149 Å². The van der Waals surface area contributed by atoms with Crippen molar-refractivity contribution in [2.45, 2.75) is 38.1 Å². The summed E-state index contributed by atoms with van der Waals surface area (Å²) < 4.78 is 0. The van der Waals surface area contributed by atoms with Crippen LogP contribution in [-0.4, -0.2) is 18.5 Å². The Morgan fingerprint density at radius 1 is 1.00 bits per heavy atom. The maximum atomic E-state index is 6.24. The Kier molecular flexibility index (Phi) is 5.31. The lowest BCUT2D eigenvalue weighted by Gasteiger charge is -2.37. The van der Waals surface area contributed by atoms with Crippen molar-refractivity contribution in [3.63, 3.8) is 0 Å². The average molecular weight is 348 g/mol. The second-order valence-corrected chi connectivity index (χ2v) is 7.24. The molecule has 2 atom stereocenters. The molecular weight excluding hydrogens is 325 g/mol. The van der Waals surface area contributed by atoms with Crippen molar-refractivity contribution in [3.05, 3.63) is 69.2 Å². The molecule has 0 radical (unpaired) electrons. The molecule has 3 rings (SSSR count). The third kappa shape index (κ3) is 3.42. The highest BCUT2D eigenvalue weighted by Crippen LogP contribution is 2.44. The van der Waals surface area contributed by atoms with Crippen LogP contribution in [0.15, 0.2) is 42.5 Å². The van der Waals surface area contributed by atoms with Crippen LogP contribution in [0.25, 0.3) is 0 Å². The van der Waals surface area contributed by atoms with Crippen LogP contribution in [0.2, 0.25) is 10.0 Å². The molecule has 0 unspecified atom stereocenters. The highest BCUT2D eigenvalue weighted by Gasteiger charge is 2.30. The monoisotopic (exact) mass is 347 g/mol. The molecule has 122 valence electrons. The largest absolute Gasteiger partial charge is 0.299 e. The van der Waals surface area contributed by atoms with Gasteiger partial charge in [0.05, 0.1) is 10.0 Å². The summed E-state index contributed by atoms with van der Waals surface area (Å²) in [4.78, 5) is 2.49. The minimum absolute atomic E-state index is 0.409. The van der Waals surface area contributed by atoms with E-state index < -0.39 is 0 Å². The quantitative estimate of drug-likeness (QED) is 0.626. The van der Waals surface area contributed by atoms with E-state index >= 15 is 0 Å². The first kappa shape index (κ1) is 16.8. The lowest BCUT2D eigenvalue weighted by atomic mass is 9.76. The SMILES string of the molecule is CCCN(C)[C@H]1CC[C@@H](c2ccc(Cl)c(Cl)c2)c2ccccc21. The first-order valence-electron chi connectivity index (χ1n) is 8.35. The summed E-state index contributed by atoms with van der Waals surface area (Å²) in [7, 11) is 2.24. The van der Waals surface area contributed by atoms with Crippen LogP contribution in [0.4, 0.5) is 0 Å². The highest BCUT2D eigenvalue weighted by atomic mass is 35.5. The van der Waals surface area contributed by atoms with Gasteiger partial charge < -0.3 is 0 Å². The molecule has 2 aromatic carbocycles. The lowest BCUT2D eigenvalue weighted by molar-refractivity contribution is 0.218. The Morgan fingerprint density at radius 3 is 2.43 bits per heavy atom. The third-order valence-electron chi connectivity index (χ3n) is 4.91. The van der Waals surface area contributed by atoms with E-state index in [1.807, 2.05) is 12.1 Å². The summed E-state index contributed by atoms with van der Waals surface area (Å²) in [6.45, 7) is 3.38. The molecule has 0 aromatic heterocycles. The molecule has 1 aliphatic rings. The number of nitrogens with zero attached hydrogens (tertiary/aromatic N) is 1. The molecular formula is C20H23Cl2N. The fourth-order valence-electron chi connectivity index (χ4n) is 3.81. The number of benzene rings is 2. The Morgan fingerprint density at radius 2 is 1.74 bits per heavy atom. The van der Waals surface area contributed by atoms with Crippen LogP contribution in [-0.2, 0) is 0 Å². The number of rotatable bonds is 4. The molecule has 23 heavy (non-hydrogen) atoms.